The number of amides is 2. The molecule has 0 bridgehead atoms. The summed E-state index contributed by atoms with van der Waals surface area (Å²) in [6, 6.07) is 3.71. The summed E-state index contributed by atoms with van der Waals surface area (Å²) in [6.45, 7) is 2.01. The largest absolute Gasteiger partial charge is 0.478 e. The molecule has 1 atom stereocenters. The van der Waals surface area contributed by atoms with E-state index in [1.807, 2.05) is 6.92 Å². The predicted octanol–water partition coefficient (Wildman–Crippen LogP) is 3.07. The molecule has 8 heteroatoms. The number of carbonyl (C=O) groups is 3. The van der Waals surface area contributed by atoms with Crippen LogP contribution >= 0.6 is 23.4 Å². The van der Waals surface area contributed by atoms with Crippen LogP contribution in [0.4, 0.5) is 5.69 Å². The highest BCUT2D eigenvalue weighted by atomic mass is 35.5. The molecule has 130 valence electrons. The summed E-state index contributed by atoms with van der Waals surface area (Å²) in [5.74, 6) is -0.368. The standard InChI is InChI=1S/C16H19ClN2O4S/c1-2-3-4-14(20)19-9-24-8-13(19)15(21)18-10-5-6-11(16(22)23)12(17)7-10/h5-7,13H,2-4,8-9H2,1H3,(H,18,21)(H,22,23). The van der Waals surface area contributed by atoms with Gasteiger partial charge in [-0.15, -0.1) is 11.8 Å². The maximum Gasteiger partial charge on any atom is 0.337 e. The first-order chi connectivity index (χ1) is 11.4. The molecule has 2 amide bonds. The molecule has 24 heavy (non-hydrogen) atoms. The minimum atomic E-state index is -1.13. The van der Waals surface area contributed by atoms with Gasteiger partial charge in [-0.05, 0) is 24.6 Å². The van der Waals surface area contributed by atoms with Crippen molar-refractivity contribution in [1.29, 1.82) is 0 Å². The number of aromatic carboxylic acids is 1. The number of unbranched alkanes of at least 4 members (excludes halogenated alkanes) is 1. The van der Waals surface area contributed by atoms with Crippen molar-refractivity contribution in [1.82, 2.24) is 4.90 Å². The number of rotatable bonds is 6. The Bertz CT molecular complexity index is 653. The summed E-state index contributed by atoms with van der Waals surface area (Å²) in [5, 5.41) is 11.7. The van der Waals surface area contributed by atoms with E-state index in [1.54, 1.807) is 16.7 Å². The molecule has 0 radical (unpaired) electrons. The quantitative estimate of drug-likeness (QED) is 0.803. The lowest BCUT2D eigenvalue weighted by Gasteiger charge is -2.23. The summed E-state index contributed by atoms with van der Waals surface area (Å²) >= 11 is 7.44. The first kappa shape index (κ1) is 18.6. The zero-order chi connectivity index (χ0) is 17.7. The molecule has 1 aliphatic rings. The lowest BCUT2D eigenvalue weighted by atomic mass is 10.2. The van der Waals surface area contributed by atoms with Gasteiger partial charge < -0.3 is 15.3 Å². The molecule has 0 aliphatic carbocycles. The number of thioether (sulfide) groups is 1. The van der Waals surface area contributed by atoms with Gasteiger partial charge in [0.05, 0.1) is 16.5 Å². The molecular weight excluding hydrogens is 352 g/mol. The Balaban J connectivity index is 2.04. The van der Waals surface area contributed by atoms with E-state index >= 15 is 0 Å². The topological polar surface area (TPSA) is 86.7 Å². The predicted molar refractivity (Wildman–Crippen MR) is 94.5 cm³/mol. The molecule has 1 aliphatic heterocycles. The maximum absolute atomic E-state index is 12.5. The van der Waals surface area contributed by atoms with E-state index in [1.165, 1.54) is 18.2 Å². The summed E-state index contributed by atoms with van der Waals surface area (Å²) in [7, 11) is 0. The zero-order valence-corrected chi connectivity index (χ0v) is 14.8. The fraction of sp³-hybridized carbons (Fsp3) is 0.438. The number of anilines is 1. The SMILES string of the molecule is CCCCC(=O)N1CSCC1C(=O)Nc1ccc(C(=O)O)c(Cl)c1. The number of nitrogens with one attached hydrogen (secondary N) is 1. The third-order valence-electron chi connectivity index (χ3n) is 3.72. The van der Waals surface area contributed by atoms with Crippen LogP contribution in [0.1, 0.15) is 36.5 Å². The molecule has 0 spiro atoms. The van der Waals surface area contributed by atoms with Crippen molar-refractivity contribution in [3.05, 3.63) is 28.8 Å². The number of hydrogen-bond acceptors (Lipinski definition) is 4. The molecule has 1 aromatic rings. The van der Waals surface area contributed by atoms with E-state index in [0.29, 0.717) is 23.7 Å². The van der Waals surface area contributed by atoms with Gasteiger partial charge in [0.1, 0.15) is 6.04 Å². The van der Waals surface area contributed by atoms with Gasteiger partial charge in [-0.2, -0.15) is 0 Å². The van der Waals surface area contributed by atoms with Crippen LogP contribution in [0.2, 0.25) is 5.02 Å². The second-order valence-electron chi connectivity index (χ2n) is 5.47. The van der Waals surface area contributed by atoms with Crippen LogP contribution < -0.4 is 5.32 Å². The Morgan fingerprint density at radius 2 is 2.17 bits per heavy atom. The fourth-order valence-electron chi connectivity index (χ4n) is 2.37. The Morgan fingerprint density at radius 1 is 1.42 bits per heavy atom. The van der Waals surface area contributed by atoms with Crippen molar-refractivity contribution in [3.63, 3.8) is 0 Å². The van der Waals surface area contributed by atoms with Crippen molar-refractivity contribution in [2.75, 3.05) is 16.9 Å². The number of hydrogen-bond donors (Lipinski definition) is 2. The second-order valence-corrected chi connectivity index (χ2v) is 6.88. The van der Waals surface area contributed by atoms with Crippen LogP contribution in [0.5, 0.6) is 0 Å². The Morgan fingerprint density at radius 3 is 2.79 bits per heavy atom. The van der Waals surface area contributed by atoms with E-state index in [-0.39, 0.29) is 22.4 Å². The average molecular weight is 371 g/mol. The summed E-state index contributed by atoms with van der Waals surface area (Å²) in [4.78, 5) is 37.2. The van der Waals surface area contributed by atoms with Crippen LogP contribution in [0, 0.1) is 0 Å². The van der Waals surface area contributed by atoms with Gasteiger partial charge in [0.2, 0.25) is 11.8 Å². The van der Waals surface area contributed by atoms with Crippen molar-refractivity contribution in [3.8, 4) is 0 Å². The van der Waals surface area contributed by atoms with Crippen molar-refractivity contribution in [2.45, 2.75) is 32.2 Å². The normalized spacial score (nSPS) is 16.9. The molecule has 2 rings (SSSR count). The Hall–Kier alpha value is -1.73. The monoisotopic (exact) mass is 370 g/mol. The first-order valence-electron chi connectivity index (χ1n) is 7.65. The van der Waals surface area contributed by atoms with E-state index in [2.05, 4.69) is 5.32 Å². The smallest absolute Gasteiger partial charge is 0.337 e. The highest BCUT2D eigenvalue weighted by molar-refractivity contribution is 7.99. The molecule has 1 saturated heterocycles. The molecule has 1 unspecified atom stereocenters. The number of carboxylic acid groups (broad SMARTS) is 1. The van der Waals surface area contributed by atoms with Crippen LogP contribution in [-0.4, -0.2) is 45.5 Å². The highest BCUT2D eigenvalue weighted by Gasteiger charge is 2.34. The number of halogens is 1. The molecular formula is C16H19ClN2O4S. The van der Waals surface area contributed by atoms with Gasteiger partial charge in [0.25, 0.3) is 0 Å². The third-order valence-corrected chi connectivity index (χ3v) is 5.04. The molecule has 1 aromatic carbocycles. The number of carboxylic acids is 1. The molecule has 1 heterocycles. The molecule has 0 saturated carbocycles. The van der Waals surface area contributed by atoms with Gasteiger partial charge in [-0.3, -0.25) is 9.59 Å². The van der Waals surface area contributed by atoms with Crippen molar-refractivity contribution in [2.24, 2.45) is 0 Å². The zero-order valence-electron chi connectivity index (χ0n) is 13.3. The molecule has 1 fully saturated rings. The Kier molecular flexibility index (Phi) is 6.51. The van der Waals surface area contributed by atoms with Gasteiger partial charge in [0.15, 0.2) is 0 Å². The van der Waals surface area contributed by atoms with Crippen LogP contribution in [0.3, 0.4) is 0 Å². The van der Waals surface area contributed by atoms with Crippen LogP contribution in [0.25, 0.3) is 0 Å². The van der Waals surface area contributed by atoms with E-state index < -0.39 is 12.0 Å². The lowest BCUT2D eigenvalue weighted by molar-refractivity contribution is -0.136. The van der Waals surface area contributed by atoms with Crippen LogP contribution in [0.15, 0.2) is 18.2 Å². The molecule has 0 aromatic heterocycles. The third kappa shape index (κ3) is 4.42. The van der Waals surface area contributed by atoms with Gasteiger partial charge in [0, 0.05) is 17.9 Å². The van der Waals surface area contributed by atoms with Crippen molar-refractivity contribution < 1.29 is 19.5 Å². The number of carbonyl (C=O) groups excluding carboxylic acids is 2. The second kappa shape index (κ2) is 8.39. The highest BCUT2D eigenvalue weighted by Crippen LogP contribution is 2.25. The van der Waals surface area contributed by atoms with Crippen LogP contribution in [-0.2, 0) is 9.59 Å². The van der Waals surface area contributed by atoms with E-state index in [9.17, 15) is 14.4 Å². The molecule has 2 N–H and O–H groups in total. The van der Waals surface area contributed by atoms with Gasteiger partial charge in [-0.25, -0.2) is 4.79 Å². The van der Waals surface area contributed by atoms with Gasteiger partial charge in [-0.1, -0.05) is 24.9 Å². The lowest BCUT2D eigenvalue weighted by Crippen LogP contribution is -2.44. The minimum absolute atomic E-state index is 0.0127. The van der Waals surface area contributed by atoms with E-state index in [0.717, 1.165) is 12.8 Å². The fourth-order valence-corrected chi connectivity index (χ4v) is 3.81. The molecule has 6 nitrogen and oxygen atoms in total. The first-order valence-corrected chi connectivity index (χ1v) is 9.18. The van der Waals surface area contributed by atoms with Gasteiger partial charge >= 0.3 is 5.97 Å². The Labute approximate surface area is 149 Å². The number of nitrogens with zero attached hydrogens (tertiary/aromatic N) is 1. The minimum Gasteiger partial charge on any atom is -0.478 e. The summed E-state index contributed by atoms with van der Waals surface area (Å²) in [5.41, 5.74) is 0.385. The maximum atomic E-state index is 12.5. The van der Waals surface area contributed by atoms with E-state index in [4.69, 9.17) is 16.7 Å². The summed E-state index contributed by atoms with van der Waals surface area (Å²) < 4.78 is 0. The van der Waals surface area contributed by atoms with Crippen molar-refractivity contribution >= 4 is 46.8 Å². The average Bonchev–Trinajstić information content (AvgIpc) is 3.02. The number of benzene rings is 1. The summed E-state index contributed by atoms with van der Waals surface area (Å²) in [6.07, 6.45) is 2.18.